The third-order valence-corrected chi connectivity index (χ3v) is 5.59. The number of carbonyl (C=O) groups excluding carboxylic acids is 2. The van der Waals surface area contributed by atoms with Gasteiger partial charge < -0.3 is 10.6 Å². The average molecular weight is 468 g/mol. The number of fused-ring (bicyclic) bond motifs is 1. The van der Waals surface area contributed by atoms with E-state index >= 15 is 0 Å². The molecule has 0 fully saturated rings. The molecule has 2 amide bonds. The molecule has 0 spiro atoms. The highest BCUT2D eigenvalue weighted by Gasteiger charge is 2.14. The first kappa shape index (κ1) is 19.2. The lowest BCUT2D eigenvalue weighted by atomic mass is 10.1. The van der Waals surface area contributed by atoms with Crippen molar-refractivity contribution in [2.24, 2.45) is 0 Å². The Labute approximate surface area is 178 Å². The van der Waals surface area contributed by atoms with E-state index in [-0.39, 0.29) is 11.8 Å². The summed E-state index contributed by atoms with van der Waals surface area (Å²) in [5.41, 5.74) is 3.22. The molecule has 1 aromatic carbocycles. The van der Waals surface area contributed by atoms with E-state index in [1.165, 1.54) is 11.3 Å². The molecule has 2 N–H and O–H groups in total. The number of carbonyl (C=O) groups is 2. The smallest absolute Gasteiger partial charge is 0.265 e. The predicted octanol–water partition coefficient (Wildman–Crippen LogP) is 4.66. The van der Waals surface area contributed by atoms with Gasteiger partial charge in [-0.3, -0.25) is 14.6 Å². The van der Waals surface area contributed by atoms with E-state index in [1.54, 1.807) is 48.9 Å². The van der Waals surface area contributed by atoms with Crippen LogP contribution in [0.3, 0.4) is 0 Å². The van der Waals surface area contributed by atoms with Gasteiger partial charge in [-0.15, -0.1) is 11.3 Å². The van der Waals surface area contributed by atoms with Gasteiger partial charge in [-0.25, -0.2) is 9.97 Å². The summed E-state index contributed by atoms with van der Waals surface area (Å²) in [6.45, 7) is 1.88. The van der Waals surface area contributed by atoms with Gasteiger partial charge in [0, 0.05) is 35.5 Å². The molecule has 3 heterocycles. The number of pyridine rings is 1. The zero-order valence-corrected chi connectivity index (χ0v) is 17.5. The van der Waals surface area contributed by atoms with Crippen LogP contribution in [0.15, 0.2) is 59.6 Å². The highest BCUT2D eigenvalue weighted by atomic mass is 79.9. The zero-order chi connectivity index (χ0) is 20.4. The topological polar surface area (TPSA) is 96.9 Å². The average Bonchev–Trinajstić information content (AvgIpc) is 3.15. The lowest BCUT2D eigenvalue weighted by Crippen LogP contribution is -2.14. The molecule has 0 radical (unpaired) electrons. The number of aromatic nitrogens is 3. The molecule has 0 bridgehead atoms. The number of thiophene rings is 1. The lowest BCUT2D eigenvalue weighted by Gasteiger charge is -2.11. The fourth-order valence-corrected chi connectivity index (χ4v) is 3.87. The number of aryl methyl sites for hydroxylation is 1. The number of benzene rings is 1. The molecule has 144 valence electrons. The van der Waals surface area contributed by atoms with E-state index in [1.807, 2.05) is 13.0 Å². The van der Waals surface area contributed by atoms with Gasteiger partial charge in [-0.1, -0.05) is 6.07 Å². The molecule has 0 aliphatic rings. The van der Waals surface area contributed by atoms with E-state index in [0.717, 1.165) is 5.56 Å². The van der Waals surface area contributed by atoms with Crippen LogP contribution in [0.4, 0.5) is 11.4 Å². The van der Waals surface area contributed by atoms with Crippen LogP contribution in [0, 0.1) is 6.92 Å². The van der Waals surface area contributed by atoms with Crippen molar-refractivity contribution < 1.29 is 9.59 Å². The van der Waals surface area contributed by atoms with Crippen LogP contribution in [0.1, 0.15) is 25.6 Å². The standard InChI is InChI=1S/C20H14BrN5O2S/c1-11-2-3-13(25-18(27)12-4-5-23-17(21)8-12)9-14(11)26-19(28)16-10-15-20(29-16)24-7-6-22-15/h2-10H,1H3,(H,25,27)(H,26,28). The monoisotopic (exact) mass is 467 g/mol. The summed E-state index contributed by atoms with van der Waals surface area (Å²) in [6, 6.07) is 10.3. The van der Waals surface area contributed by atoms with Crippen LogP contribution >= 0.6 is 27.3 Å². The fraction of sp³-hybridized carbons (Fsp3) is 0.0500. The number of hydrogen-bond donors (Lipinski definition) is 2. The minimum absolute atomic E-state index is 0.251. The second-order valence-corrected chi connectivity index (χ2v) is 8.01. The third kappa shape index (κ3) is 4.30. The summed E-state index contributed by atoms with van der Waals surface area (Å²) in [7, 11) is 0. The van der Waals surface area contributed by atoms with Gasteiger partial charge in [0.1, 0.15) is 15.0 Å². The van der Waals surface area contributed by atoms with Crippen LogP contribution in [0.25, 0.3) is 10.3 Å². The third-order valence-electron chi connectivity index (χ3n) is 4.12. The molecule has 0 aliphatic heterocycles. The van der Waals surface area contributed by atoms with Crippen molar-refractivity contribution in [1.29, 1.82) is 0 Å². The summed E-state index contributed by atoms with van der Waals surface area (Å²) in [5.74, 6) is -0.518. The van der Waals surface area contributed by atoms with Gasteiger partial charge in [0.25, 0.3) is 11.8 Å². The summed E-state index contributed by atoms with van der Waals surface area (Å²) < 4.78 is 0.578. The molecular formula is C20H14BrN5O2S. The van der Waals surface area contributed by atoms with Crippen molar-refractivity contribution in [3.8, 4) is 0 Å². The quantitative estimate of drug-likeness (QED) is 0.425. The van der Waals surface area contributed by atoms with E-state index in [4.69, 9.17) is 0 Å². The van der Waals surface area contributed by atoms with E-state index in [0.29, 0.717) is 36.8 Å². The Morgan fingerprint density at radius 1 is 0.931 bits per heavy atom. The number of nitrogens with zero attached hydrogens (tertiary/aromatic N) is 3. The van der Waals surface area contributed by atoms with Crippen molar-refractivity contribution >= 4 is 60.8 Å². The molecule has 0 saturated heterocycles. The van der Waals surface area contributed by atoms with Crippen molar-refractivity contribution in [2.45, 2.75) is 6.92 Å². The van der Waals surface area contributed by atoms with Gasteiger partial charge in [-0.05, 0) is 58.7 Å². The van der Waals surface area contributed by atoms with E-state index in [2.05, 4.69) is 41.5 Å². The Hall–Kier alpha value is -3.17. The van der Waals surface area contributed by atoms with Crippen molar-refractivity contribution in [1.82, 2.24) is 15.0 Å². The van der Waals surface area contributed by atoms with Crippen LogP contribution in [0.5, 0.6) is 0 Å². The van der Waals surface area contributed by atoms with Gasteiger partial charge >= 0.3 is 0 Å². The zero-order valence-electron chi connectivity index (χ0n) is 15.1. The number of anilines is 2. The number of halogens is 1. The van der Waals surface area contributed by atoms with Gasteiger partial charge in [0.15, 0.2) is 0 Å². The van der Waals surface area contributed by atoms with Crippen LogP contribution < -0.4 is 10.6 Å². The molecule has 7 nitrogen and oxygen atoms in total. The van der Waals surface area contributed by atoms with Crippen LogP contribution in [-0.2, 0) is 0 Å². The molecule has 4 aromatic rings. The summed E-state index contributed by atoms with van der Waals surface area (Å²) in [6.07, 6.45) is 4.74. The SMILES string of the molecule is Cc1ccc(NC(=O)c2ccnc(Br)c2)cc1NC(=O)c1cc2nccnc2s1. The molecule has 4 rings (SSSR count). The second kappa shape index (κ2) is 8.06. The van der Waals surface area contributed by atoms with Gasteiger partial charge in [-0.2, -0.15) is 0 Å². The van der Waals surface area contributed by atoms with Gasteiger partial charge in [0.2, 0.25) is 0 Å². The predicted molar refractivity (Wildman–Crippen MR) is 116 cm³/mol. The highest BCUT2D eigenvalue weighted by Crippen LogP contribution is 2.25. The van der Waals surface area contributed by atoms with Gasteiger partial charge in [0.05, 0.1) is 4.88 Å². The Morgan fingerprint density at radius 2 is 1.76 bits per heavy atom. The first-order valence-electron chi connectivity index (χ1n) is 8.55. The van der Waals surface area contributed by atoms with Crippen LogP contribution in [-0.4, -0.2) is 26.8 Å². The summed E-state index contributed by atoms with van der Waals surface area (Å²) in [5, 5.41) is 5.73. The highest BCUT2D eigenvalue weighted by molar-refractivity contribution is 9.10. The molecule has 9 heteroatoms. The van der Waals surface area contributed by atoms with Crippen LogP contribution in [0.2, 0.25) is 0 Å². The van der Waals surface area contributed by atoms with Crippen molar-refractivity contribution in [3.05, 3.63) is 75.6 Å². The molecule has 29 heavy (non-hydrogen) atoms. The Bertz CT molecular complexity index is 1210. The summed E-state index contributed by atoms with van der Waals surface area (Å²) in [4.78, 5) is 38.8. The van der Waals surface area contributed by atoms with Crippen molar-refractivity contribution in [3.63, 3.8) is 0 Å². The van der Waals surface area contributed by atoms with E-state index in [9.17, 15) is 9.59 Å². The Balaban J connectivity index is 1.53. The number of hydrogen-bond acceptors (Lipinski definition) is 6. The van der Waals surface area contributed by atoms with E-state index < -0.39 is 0 Å². The maximum absolute atomic E-state index is 12.7. The number of rotatable bonds is 4. The fourth-order valence-electron chi connectivity index (χ4n) is 2.65. The first-order valence-corrected chi connectivity index (χ1v) is 10.2. The minimum Gasteiger partial charge on any atom is -0.322 e. The molecule has 0 unspecified atom stereocenters. The maximum Gasteiger partial charge on any atom is 0.265 e. The molecular weight excluding hydrogens is 454 g/mol. The molecule has 0 aliphatic carbocycles. The Morgan fingerprint density at radius 3 is 2.55 bits per heavy atom. The Kier molecular flexibility index (Phi) is 5.32. The van der Waals surface area contributed by atoms with Crippen molar-refractivity contribution in [2.75, 3.05) is 10.6 Å². The molecule has 0 atom stereocenters. The normalized spacial score (nSPS) is 10.7. The molecule has 0 saturated carbocycles. The lowest BCUT2D eigenvalue weighted by molar-refractivity contribution is 0.102. The second-order valence-electron chi connectivity index (χ2n) is 6.16. The maximum atomic E-state index is 12.7. The number of nitrogens with one attached hydrogen (secondary N) is 2. The molecule has 3 aromatic heterocycles. The summed E-state index contributed by atoms with van der Waals surface area (Å²) >= 11 is 4.53. The minimum atomic E-state index is -0.268. The first-order chi connectivity index (χ1) is 14.0. The number of amides is 2. The largest absolute Gasteiger partial charge is 0.322 e.